The molecule has 20 heavy (non-hydrogen) atoms. The van der Waals surface area contributed by atoms with Crippen molar-refractivity contribution in [3.63, 3.8) is 0 Å². The van der Waals surface area contributed by atoms with Gasteiger partial charge in [-0.2, -0.15) is 5.10 Å². The summed E-state index contributed by atoms with van der Waals surface area (Å²) in [6.45, 7) is 8.17. The summed E-state index contributed by atoms with van der Waals surface area (Å²) in [6.07, 6.45) is 3.58. The maximum Gasteiger partial charge on any atom is 0.237 e. The van der Waals surface area contributed by atoms with E-state index in [1.54, 1.807) is 0 Å². The first-order chi connectivity index (χ1) is 9.34. The maximum absolute atomic E-state index is 12.0. The number of aryl methyl sites for hydroxylation is 2. The molecular formula is C15H26N4O. The van der Waals surface area contributed by atoms with Crippen molar-refractivity contribution in [1.29, 1.82) is 0 Å². The molecule has 1 aromatic heterocycles. The fourth-order valence-corrected chi connectivity index (χ4v) is 3.45. The summed E-state index contributed by atoms with van der Waals surface area (Å²) in [5.74, 6) is -0.238. The molecule has 0 bridgehead atoms. The zero-order valence-electron chi connectivity index (χ0n) is 12.9. The molecule has 0 spiro atoms. The van der Waals surface area contributed by atoms with Gasteiger partial charge in [-0.3, -0.25) is 9.48 Å². The van der Waals surface area contributed by atoms with Gasteiger partial charge >= 0.3 is 0 Å². The molecule has 1 fully saturated rings. The van der Waals surface area contributed by atoms with Crippen molar-refractivity contribution in [3.8, 4) is 0 Å². The Morgan fingerprint density at radius 3 is 2.75 bits per heavy atom. The number of primary amides is 1. The van der Waals surface area contributed by atoms with Crippen molar-refractivity contribution < 1.29 is 4.79 Å². The van der Waals surface area contributed by atoms with Gasteiger partial charge in [0.25, 0.3) is 0 Å². The van der Waals surface area contributed by atoms with Gasteiger partial charge in [0.05, 0.1) is 17.3 Å². The highest BCUT2D eigenvalue weighted by Gasteiger charge is 2.42. The van der Waals surface area contributed by atoms with Crippen LogP contribution in [0, 0.1) is 13.8 Å². The number of rotatable bonds is 4. The van der Waals surface area contributed by atoms with Gasteiger partial charge in [0, 0.05) is 11.7 Å². The molecule has 5 nitrogen and oxygen atoms in total. The summed E-state index contributed by atoms with van der Waals surface area (Å²) in [5, 5.41) is 7.98. The number of hydrogen-bond acceptors (Lipinski definition) is 3. The summed E-state index contributed by atoms with van der Waals surface area (Å²) in [4.78, 5) is 12.0. The Morgan fingerprint density at radius 2 is 2.25 bits per heavy atom. The van der Waals surface area contributed by atoms with Crippen molar-refractivity contribution in [3.05, 3.63) is 17.5 Å². The first kappa shape index (κ1) is 15.0. The van der Waals surface area contributed by atoms with Gasteiger partial charge in [-0.25, -0.2) is 0 Å². The molecule has 0 aliphatic heterocycles. The van der Waals surface area contributed by atoms with Gasteiger partial charge in [-0.1, -0.05) is 0 Å². The predicted octanol–water partition coefficient (Wildman–Crippen LogP) is 1.84. The fourth-order valence-electron chi connectivity index (χ4n) is 3.45. The van der Waals surface area contributed by atoms with Gasteiger partial charge in [0.2, 0.25) is 5.91 Å². The number of hydrogen-bond donors (Lipinski definition) is 2. The fraction of sp³-hybridized carbons (Fsp3) is 0.733. The molecule has 0 saturated heterocycles. The Hall–Kier alpha value is -1.36. The smallest absolute Gasteiger partial charge is 0.237 e. The Morgan fingerprint density at radius 1 is 1.55 bits per heavy atom. The Bertz CT molecular complexity index is 494. The maximum atomic E-state index is 12.0. The second-order valence-corrected chi connectivity index (χ2v) is 6.37. The van der Waals surface area contributed by atoms with Crippen molar-refractivity contribution in [2.45, 2.75) is 71.0 Å². The molecule has 0 aromatic carbocycles. The topological polar surface area (TPSA) is 72.9 Å². The van der Waals surface area contributed by atoms with Crippen LogP contribution in [0.25, 0.3) is 0 Å². The average molecular weight is 278 g/mol. The largest absolute Gasteiger partial charge is 0.368 e. The first-order valence-electron chi connectivity index (χ1n) is 7.44. The van der Waals surface area contributed by atoms with E-state index in [4.69, 9.17) is 5.73 Å². The van der Waals surface area contributed by atoms with E-state index in [1.165, 1.54) is 0 Å². The van der Waals surface area contributed by atoms with Gasteiger partial charge in [0.15, 0.2) is 0 Å². The van der Waals surface area contributed by atoms with E-state index in [-0.39, 0.29) is 18.0 Å². The quantitative estimate of drug-likeness (QED) is 0.882. The minimum absolute atomic E-state index is 0.238. The number of aromatic nitrogens is 2. The van der Waals surface area contributed by atoms with Crippen LogP contribution in [-0.2, 0) is 4.79 Å². The number of carbonyl (C=O) groups excluding carboxylic acids is 1. The molecule has 5 heteroatoms. The lowest BCUT2D eigenvalue weighted by Crippen LogP contribution is -2.60. The average Bonchev–Trinajstić information content (AvgIpc) is 2.67. The van der Waals surface area contributed by atoms with Crippen LogP contribution < -0.4 is 11.1 Å². The highest BCUT2D eigenvalue weighted by Crippen LogP contribution is 2.36. The second kappa shape index (κ2) is 5.56. The van der Waals surface area contributed by atoms with E-state index in [0.717, 1.165) is 37.1 Å². The Balaban J connectivity index is 2.26. The van der Waals surface area contributed by atoms with Crippen LogP contribution in [0.15, 0.2) is 6.07 Å². The third-order valence-electron chi connectivity index (χ3n) is 4.15. The highest BCUT2D eigenvalue weighted by molar-refractivity contribution is 5.84. The van der Waals surface area contributed by atoms with Crippen LogP contribution in [0.5, 0.6) is 0 Å². The summed E-state index contributed by atoms with van der Waals surface area (Å²) < 4.78 is 2.06. The van der Waals surface area contributed by atoms with Crippen molar-refractivity contribution in [2.75, 3.05) is 0 Å². The minimum Gasteiger partial charge on any atom is -0.368 e. The molecule has 1 aromatic rings. The van der Waals surface area contributed by atoms with E-state index < -0.39 is 5.54 Å². The molecule has 1 heterocycles. The lowest BCUT2D eigenvalue weighted by atomic mass is 9.78. The van der Waals surface area contributed by atoms with Gasteiger partial charge in [0.1, 0.15) is 0 Å². The molecule has 3 N–H and O–H groups in total. The van der Waals surface area contributed by atoms with E-state index in [1.807, 2.05) is 6.92 Å². The SMILES string of the molecule is Cc1cc(C)n(C2CCCC(NC(C)C)(C(N)=O)C2)n1. The zero-order valence-corrected chi connectivity index (χ0v) is 12.9. The Kier molecular flexibility index (Phi) is 4.18. The predicted molar refractivity (Wildman–Crippen MR) is 79.4 cm³/mol. The molecular weight excluding hydrogens is 252 g/mol. The molecule has 2 rings (SSSR count). The third kappa shape index (κ3) is 2.87. The van der Waals surface area contributed by atoms with Crippen LogP contribution >= 0.6 is 0 Å². The monoisotopic (exact) mass is 278 g/mol. The van der Waals surface area contributed by atoms with Crippen LogP contribution in [-0.4, -0.2) is 27.3 Å². The van der Waals surface area contributed by atoms with Crippen molar-refractivity contribution in [1.82, 2.24) is 15.1 Å². The number of nitrogens with two attached hydrogens (primary N) is 1. The van der Waals surface area contributed by atoms with Gasteiger partial charge < -0.3 is 11.1 Å². The van der Waals surface area contributed by atoms with E-state index >= 15 is 0 Å². The summed E-state index contributed by atoms with van der Waals surface area (Å²) in [5.41, 5.74) is 7.28. The summed E-state index contributed by atoms with van der Waals surface area (Å²) >= 11 is 0. The number of amides is 1. The lowest BCUT2D eigenvalue weighted by molar-refractivity contribution is -0.126. The summed E-state index contributed by atoms with van der Waals surface area (Å²) in [6, 6.07) is 2.56. The highest BCUT2D eigenvalue weighted by atomic mass is 16.1. The van der Waals surface area contributed by atoms with Crippen molar-refractivity contribution >= 4 is 5.91 Å². The molecule has 2 unspecified atom stereocenters. The van der Waals surface area contributed by atoms with Crippen LogP contribution in [0.2, 0.25) is 0 Å². The molecule has 1 amide bonds. The molecule has 0 radical (unpaired) electrons. The normalized spacial score (nSPS) is 26.9. The van der Waals surface area contributed by atoms with E-state index in [2.05, 4.69) is 41.9 Å². The van der Waals surface area contributed by atoms with Gasteiger partial charge in [-0.05, 0) is 59.4 Å². The number of nitrogens with one attached hydrogen (secondary N) is 1. The standard InChI is InChI=1S/C15H26N4O/c1-10(2)17-15(14(16)20)7-5-6-13(9-15)19-12(4)8-11(3)18-19/h8,10,13,17H,5-7,9H2,1-4H3,(H2,16,20). The molecule has 112 valence electrons. The molecule has 1 aliphatic rings. The number of carbonyl (C=O) groups is 1. The van der Waals surface area contributed by atoms with Gasteiger partial charge in [-0.15, -0.1) is 0 Å². The number of nitrogens with zero attached hydrogens (tertiary/aromatic N) is 2. The molecule has 2 atom stereocenters. The zero-order chi connectivity index (χ0) is 14.9. The van der Waals surface area contributed by atoms with Crippen LogP contribution in [0.1, 0.15) is 57.0 Å². The second-order valence-electron chi connectivity index (χ2n) is 6.37. The van der Waals surface area contributed by atoms with E-state index in [0.29, 0.717) is 0 Å². The van der Waals surface area contributed by atoms with Crippen molar-refractivity contribution in [2.24, 2.45) is 5.73 Å². The third-order valence-corrected chi connectivity index (χ3v) is 4.15. The first-order valence-corrected chi connectivity index (χ1v) is 7.44. The summed E-state index contributed by atoms with van der Waals surface area (Å²) in [7, 11) is 0. The molecule has 1 aliphatic carbocycles. The minimum atomic E-state index is -0.594. The van der Waals surface area contributed by atoms with E-state index in [9.17, 15) is 4.79 Å². The lowest BCUT2D eigenvalue weighted by Gasteiger charge is -2.40. The molecule has 1 saturated carbocycles. The van der Waals surface area contributed by atoms with Crippen LogP contribution in [0.4, 0.5) is 0 Å². The van der Waals surface area contributed by atoms with Crippen LogP contribution in [0.3, 0.4) is 0 Å². The Labute approximate surface area is 120 Å².